The molecule has 1 unspecified atom stereocenters. The minimum absolute atomic E-state index is 0.0659. The fraction of sp³-hybridized carbons (Fsp3) is 0.500. The van der Waals surface area contributed by atoms with Crippen LogP contribution < -0.4 is 0 Å². The van der Waals surface area contributed by atoms with Crippen LogP contribution in [0.2, 0.25) is 0 Å². The summed E-state index contributed by atoms with van der Waals surface area (Å²) in [5.41, 5.74) is 2.30. The van der Waals surface area contributed by atoms with E-state index in [1.807, 2.05) is 24.4 Å². The largest absolute Gasteiger partial charge is 0.394 e. The van der Waals surface area contributed by atoms with Crippen molar-refractivity contribution in [3.05, 3.63) is 36.5 Å². The molecule has 2 heterocycles. The van der Waals surface area contributed by atoms with Crippen LogP contribution in [0, 0.1) is 0 Å². The van der Waals surface area contributed by atoms with Gasteiger partial charge in [0.05, 0.1) is 44.4 Å². The molecule has 3 rings (SSSR count). The molecule has 1 aliphatic heterocycles. The van der Waals surface area contributed by atoms with Gasteiger partial charge in [0.2, 0.25) is 0 Å². The minimum atomic E-state index is 0.0659. The lowest BCUT2D eigenvalue weighted by atomic mass is 10.1. The topological polar surface area (TPSA) is 56.5 Å². The van der Waals surface area contributed by atoms with Crippen molar-refractivity contribution in [1.29, 1.82) is 0 Å². The summed E-state index contributed by atoms with van der Waals surface area (Å²) < 4.78 is 13.4. The average Bonchev–Trinajstić information content (AvgIpc) is 3.26. The third-order valence-corrected chi connectivity index (χ3v) is 4.95. The molecule has 0 bridgehead atoms. The predicted molar refractivity (Wildman–Crippen MR) is 95.3 cm³/mol. The van der Waals surface area contributed by atoms with E-state index in [4.69, 9.17) is 14.6 Å². The molecule has 2 aromatic rings. The number of rotatable bonds is 9. The molecule has 0 radical (unpaired) electrons. The Morgan fingerprint density at radius 2 is 2.17 bits per heavy atom. The molecular formula is C18H24N2O3S. The number of ether oxygens (including phenoxy) is 2. The molecule has 5 nitrogen and oxygen atoms in total. The summed E-state index contributed by atoms with van der Waals surface area (Å²) in [6.45, 7) is 2.76. The van der Waals surface area contributed by atoms with Gasteiger partial charge in [-0.3, -0.25) is 0 Å². The first-order valence-electron chi connectivity index (χ1n) is 8.42. The Morgan fingerprint density at radius 1 is 1.29 bits per heavy atom. The summed E-state index contributed by atoms with van der Waals surface area (Å²) in [6.07, 6.45) is 4.46. The number of benzene rings is 1. The Balaban J connectivity index is 1.73. The van der Waals surface area contributed by atoms with Crippen LogP contribution in [0.15, 0.2) is 41.7 Å². The molecule has 1 aromatic carbocycles. The van der Waals surface area contributed by atoms with Crippen molar-refractivity contribution in [2.45, 2.75) is 30.6 Å². The van der Waals surface area contributed by atoms with Crippen LogP contribution in [0.3, 0.4) is 0 Å². The molecule has 0 saturated carbocycles. The van der Waals surface area contributed by atoms with Crippen molar-refractivity contribution in [3.63, 3.8) is 0 Å². The van der Waals surface area contributed by atoms with E-state index >= 15 is 0 Å². The van der Waals surface area contributed by atoms with Crippen molar-refractivity contribution < 1.29 is 14.6 Å². The molecule has 0 amide bonds. The van der Waals surface area contributed by atoms with Gasteiger partial charge in [-0.25, -0.2) is 4.98 Å². The second kappa shape index (κ2) is 9.22. The van der Waals surface area contributed by atoms with Gasteiger partial charge in [-0.2, -0.15) is 0 Å². The molecule has 6 heteroatoms. The van der Waals surface area contributed by atoms with Gasteiger partial charge in [0.1, 0.15) is 0 Å². The van der Waals surface area contributed by atoms with E-state index in [-0.39, 0.29) is 12.7 Å². The lowest BCUT2D eigenvalue weighted by Crippen LogP contribution is -2.16. The Bertz CT molecular complexity index is 612. The van der Waals surface area contributed by atoms with Gasteiger partial charge in [0.25, 0.3) is 0 Å². The molecule has 1 aliphatic rings. The molecule has 1 fully saturated rings. The molecular weight excluding hydrogens is 324 g/mol. The van der Waals surface area contributed by atoms with Crippen molar-refractivity contribution in [3.8, 4) is 11.3 Å². The summed E-state index contributed by atoms with van der Waals surface area (Å²) in [5.74, 6) is 0.816. The fourth-order valence-corrected chi connectivity index (χ4v) is 3.68. The Morgan fingerprint density at radius 3 is 2.92 bits per heavy atom. The standard InChI is InChI=1S/C18H24N2O3S/c21-8-10-22-11-12-24-18-19-13-17(15-5-2-1-3-6-15)20(18)14-16-7-4-9-23-16/h1-3,5-6,13,16,21H,4,7-12,14H2. The highest BCUT2D eigenvalue weighted by Crippen LogP contribution is 2.28. The Labute approximate surface area is 147 Å². The number of nitrogens with zero attached hydrogens (tertiary/aromatic N) is 2. The first kappa shape index (κ1) is 17.5. The number of hydrogen-bond acceptors (Lipinski definition) is 5. The number of thioether (sulfide) groups is 1. The summed E-state index contributed by atoms with van der Waals surface area (Å²) in [6, 6.07) is 10.4. The van der Waals surface area contributed by atoms with Gasteiger partial charge in [-0.1, -0.05) is 42.1 Å². The van der Waals surface area contributed by atoms with E-state index in [1.54, 1.807) is 11.8 Å². The number of aliphatic hydroxyl groups excluding tert-OH is 1. The summed E-state index contributed by atoms with van der Waals surface area (Å²) in [4.78, 5) is 4.62. The maximum Gasteiger partial charge on any atom is 0.168 e. The third kappa shape index (κ3) is 4.60. The minimum Gasteiger partial charge on any atom is -0.394 e. The quantitative estimate of drug-likeness (QED) is 0.558. The van der Waals surface area contributed by atoms with E-state index in [0.29, 0.717) is 13.2 Å². The van der Waals surface area contributed by atoms with E-state index in [1.165, 1.54) is 5.56 Å². The van der Waals surface area contributed by atoms with Gasteiger partial charge < -0.3 is 19.1 Å². The molecule has 0 aliphatic carbocycles. The van der Waals surface area contributed by atoms with Crippen LogP contribution >= 0.6 is 11.8 Å². The maximum atomic E-state index is 8.75. The molecule has 1 saturated heterocycles. The molecule has 1 N–H and O–H groups in total. The fourth-order valence-electron chi connectivity index (χ4n) is 2.84. The highest BCUT2D eigenvalue weighted by molar-refractivity contribution is 7.99. The number of imidazole rings is 1. The van der Waals surface area contributed by atoms with E-state index < -0.39 is 0 Å². The predicted octanol–water partition coefficient (Wildman–Crippen LogP) is 2.83. The zero-order chi connectivity index (χ0) is 16.6. The first-order valence-corrected chi connectivity index (χ1v) is 9.41. The molecule has 0 spiro atoms. The molecule has 130 valence electrons. The van der Waals surface area contributed by atoms with E-state index in [0.717, 1.165) is 42.6 Å². The van der Waals surface area contributed by atoms with Gasteiger partial charge in [-0.05, 0) is 18.4 Å². The van der Waals surface area contributed by atoms with E-state index in [2.05, 4.69) is 21.7 Å². The van der Waals surface area contributed by atoms with Crippen LogP contribution in [0.25, 0.3) is 11.3 Å². The van der Waals surface area contributed by atoms with Crippen LogP contribution in [0.1, 0.15) is 12.8 Å². The first-order chi connectivity index (χ1) is 11.9. The monoisotopic (exact) mass is 348 g/mol. The molecule has 1 aromatic heterocycles. The number of aliphatic hydroxyl groups is 1. The second-order valence-electron chi connectivity index (χ2n) is 5.72. The highest BCUT2D eigenvalue weighted by atomic mass is 32.2. The average molecular weight is 348 g/mol. The van der Waals surface area contributed by atoms with Crippen LogP contribution in [0.4, 0.5) is 0 Å². The SMILES string of the molecule is OCCOCCSc1ncc(-c2ccccc2)n1CC1CCCO1. The van der Waals surface area contributed by atoms with Crippen LogP contribution in [-0.4, -0.2) is 52.9 Å². The smallest absolute Gasteiger partial charge is 0.168 e. The number of hydrogen-bond donors (Lipinski definition) is 1. The van der Waals surface area contributed by atoms with Gasteiger partial charge in [-0.15, -0.1) is 0 Å². The lowest BCUT2D eigenvalue weighted by Gasteiger charge is -2.16. The van der Waals surface area contributed by atoms with Crippen LogP contribution in [0.5, 0.6) is 0 Å². The second-order valence-corrected chi connectivity index (χ2v) is 6.78. The van der Waals surface area contributed by atoms with E-state index in [9.17, 15) is 0 Å². The normalized spacial score (nSPS) is 17.5. The lowest BCUT2D eigenvalue weighted by molar-refractivity contribution is 0.0952. The van der Waals surface area contributed by atoms with Gasteiger partial charge in [0, 0.05) is 12.4 Å². The molecule has 1 atom stereocenters. The summed E-state index contributed by atoms with van der Waals surface area (Å²) in [7, 11) is 0. The Hall–Kier alpha value is -1.34. The van der Waals surface area contributed by atoms with Crippen molar-refractivity contribution in [2.75, 3.05) is 32.2 Å². The highest BCUT2D eigenvalue weighted by Gasteiger charge is 2.20. The van der Waals surface area contributed by atoms with Crippen molar-refractivity contribution in [2.24, 2.45) is 0 Å². The zero-order valence-electron chi connectivity index (χ0n) is 13.8. The number of aromatic nitrogens is 2. The Kier molecular flexibility index (Phi) is 6.72. The summed E-state index contributed by atoms with van der Waals surface area (Å²) >= 11 is 1.69. The van der Waals surface area contributed by atoms with Crippen LogP contribution in [-0.2, 0) is 16.0 Å². The molecule has 24 heavy (non-hydrogen) atoms. The van der Waals surface area contributed by atoms with Gasteiger partial charge in [0.15, 0.2) is 5.16 Å². The van der Waals surface area contributed by atoms with Gasteiger partial charge >= 0.3 is 0 Å². The van der Waals surface area contributed by atoms with Crippen molar-refractivity contribution >= 4 is 11.8 Å². The van der Waals surface area contributed by atoms with Crippen molar-refractivity contribution in [1.82, 2.24) is 9.55 Å². The maximum absolute atomic E-state index is 8.75. The summed E-state index contributed by atoms with van der Waals surface area (Å²) in [5, 5.41) is 9.75. The third-order valence-electron chi connectivity index (χ3n) is 3.99. The zero-order valence-corrected chi connectivity index (χ0v) is 14.6.